The van der Waals surface area contributed by atoms with Crippen molar-refractivity contribution < 1.29 is 8.42 Å². The van der Waals surface area contributed by atoms with Crippen molar-refractivity contribution in [3.8, 4) is 0 Å². The number of rotatable bonds is 2. The van der Waals surface area contributed by atoms with Gasteiger partial charge in [-0.15, -0.1) is 0 Å². The quantitative estimate of drug-likeness (QED) is 0.724. The van der Waals surface area contributed by atoms with E-state index in [1.165, 1.54) is 10.2 Å². The number of benzene rings is 2. The zero-order valence-electron chi connectivity index (χ0n) is 9.82. The van der Waals surface area contributed by atoms with Gasteiger partial charge >= 0.3 is 0 Å². The normalized spacial score (nSPS) is 11.8. The van der Waals surface area contributed by atoms with Crippen LogP contribution in [0, 0.1) is 0 Å². The van der Waals surface area contributed by atoms with E-state index in [1.807, 2.05) is 6.07 Å². The molecule has 96 valence electrons. The van der Waals surface area contributed by atoms with Crippen LogP contribution in [0.3, 0.4) is 0 Å². The van der Waals surface area contributed by atoms with Crippen LogP contribution in [0.15, 0.2) is 65.7 Å². The van der Waals surface area contributed by atoms with Crippen molar-refractivity contribution in [3.63, 3.8) is 0 Å². The Bertz CT molecular complexity index is 838. The van der Waals surface area contributed by atoms with Gasteiger partial charge in [-0.05, 0) is 18.2 Å². The molecule has 0 unspecified atom stereocenters. The van der Waals surface area contributed by atoms with E-state index >= 15 is 0 Å². The first-order valence-electron chi connectivity index (χ1n) is 5.67. The van der Waals surface area contributed by atoms with Crippen LogP contribution in [-0.4, -0.2) is 12.4 Å². The van der Waals surface area contributed by atoms with Gasteiger partial charge < -0.3 is 0 Å². The van der Waals surface area contributed by atoms with E-state index in [1.54, 1.807) is 48.5 Å². The maximum Gasteiger partial charge on any atom is 0.268 e. The zero-order chi connectivity index (χ0) is 13.5. The average molecular weight is 292 g/mol. The Labute approximate surface area is 116 Å². The lowest BCUT2D eigenvalue weighted by Gasteiger charge is -2.06. The minimum Gasteiger partial charge on any atom is -0.240 e. The van der Waals surface area contributed by atoms with Gasteiger partial charge in [0, 0.05) is 11.6 Å². The molecule has 3 nitrogen and oxygen atoms in total. The predicted octanol–water partition coefficient (Wildman–Crippen LogP) is 3.53. The lowest BCUT2D eigenvalue weighted by atomic mass is 10.3. The molecule has 0 saturated heterocycles. The fourth-order valence-corrected chi connectivity index (χ4v) is 3.72. The van der Waals surface area contributed by atoms with Gasteiger partial charge in [-0.3, -0.25) is 0 Å². The highest BCUT2D eigenvalue weighted by Gasteiger charge is 2.19. The van der Waals surface area contributed by atoms with E-state index in [9.17, 15) is 8.42 Å². The monoisotopic (exact) mass is 291 g/mol. The van der Waals surface area contributed by atoms with E-state index < -0.39 is 10.0 Å². The first-order valence-corrected chi connectivity index (χ1v) is 7.49. The highest BCUT2D eigenvalue weighted by molar-refractivity contribution is 7.90. The third kappa shape index (κ3) is 1.93. The molecule has 19 heavy (non-hydrogen) atoms. The molecule has 2 aromatic carbocycles. The van der Waals surface area contributed by atoms with Crippen molar-refractivity contribution in [2.24, 2.45) is 0 Å². The van der Waals surface area contributed by atoms with E-state index in [0.717, 1.165) is 5.39 Å². The van der Waals surface area contributed by atoms with Gasteiger partial charge in [-0.2, -0.15) is 0 Å². The molecule has 5 heteroatoms. The molecule has 0 spiro atoms. The molecule has 0 atom stereocenters. The van der Waals surface area contributed by atoms with E-state index in [0.29, 0.717) is 10.5 Å². The molecule has 3 rings (SSSR count). The highest BCUT2D eigenvalue weighted by atomic mass is 35.5. The van der Waals surface area contributed by atoms with E-state index in [4.69, 9.17) is 11.6 Å². The number of halogens is 1. The van der Waals surface area contributed by atoms with Crippen molar-refractivity contribution in [3.05, 3.63) is 65.8 Å². The van der Waals surface area contributed by atoms with Gasteiger partial charge in [-0.25, -0.2) is 12.4 Å². The summed E-state index contributed by atoms with van der Waals surface area (Å²) >= 11 is 6.09. The number of hydrogen-bond donors (Lipinski definition) is 0. The summed E-state index contributed by atoms with van der Waals surface area (Å²) < 4.78 is 26.4. The second-order valence-corrected chi connectivity index (χ2v) is 6.33. The fraction of sp³-hybridized carbons (Fsp3) is 0. The van der Waals surface area contributed by atoms with Gasteiger partial charge in [0.1, 0.15) is 0 Å². The van der Waals surface area contributed by atoms with Gasteiger partial charge in [0.2, 0.25) is 0 Å². The topological polar surface area (TPSA) is 39.1 Å². The zero-order valence-corrected chi connectivity index (χ0v) is 11.4. The third-order valence-electron chi connectivity index (χ3n) is 2.93. The molecule has 0 aliphatic heterocycles. The molecular weight excluding hydrogens is 282 g/mol. The van der Waals surface area contributed by atoms with Gasteiger partial charge in [0.05, 0.1) is 15.4 Å². The Morgan fingerprint density at radius 1 is 0.895 bits per heavy atom. The number of nitrogens with zero attached hydrogens (tertiary/aromatic N) is 1. The summed E-state index contributed by atoms with van der Waals surface area (Å²) in [5.74, 6) is 0. The minimum atomic E-state index is -3.61. The summed E-state index contributed by atoms with van der Waals surface area (Å²) in [6, 6.07) is 15.5. The second-order valence-electron chi connectivity index (χ2n) is 4.11. The smallest absolute Gasteiger partial charge is 0.240 e. The molecule has 0 aliphatic carbocycles. The van der Waals surface area contributed by atoms with Crippen LogP contribution in [0.25, 0.3) is 10.9 Å². The molecule has 1 heterocycles. The van der Waals surface area contributed by atoms with Crippen LogP contribution in [0.5, 0.6) is 0 Å². The molecule has 3 aromatic rings. The third-order valence-corrected chi connectivity index (χ3v) is 4.92. The lowest BCUT2D eigenvalue weighted by molar-refractivity contribution is 0.589. The minimum absolute atomic E-state index is 0.243. The summed E-state index contributed by atoms with van der Waals surface area (Å²) in [6.07, 6.45) is 1.44. The van der Waals surface area contributed by atoms with Gasteiger partial charge in [0.25, 0.3) is 10.0 Å². The van der Waals surface area contributed by atoms with Crippen LogP contribution >= 0.6 is 11.6 Å². The Hall–Kier alpha value is -1.78. The van der Waals surface area contributed by atoms with Crippen molar-refractivity contribution in [2.45, 2.75) is 4.90 Å². The molecule has 0 radical (unpaired) electrons. The second kappa shape index (κ2) is 4.40. The summed E-state index contributed by atoms with van der Waals surface area (Å²) in [7, 11) is -3.61. The fourth-order valence-electron chi connectivity index (χ4n) is 2.01. The largest absolute Gasteiger partial charge is 0.268 e. The van der Waals surface area contributed by atoms with Crippen LogP contribution in [0.4, 0.5) is 0 Å². The highest BCUT2D eigenvalue weighted by Crippen LogP contribution is 2.28. The van der Waals surface area contributed by atoms with Crippen molar-refractivity contribution >= 4 is 32.5 Å². The maximum atomic E-state index is 12.6. The SMILES string of the molecule is O=S(=O)(c1ccccc1)n1cc(Cl)c2ccccc21. The molecule has 0 saturated carbocycles. The Balaban J connectivity index is 2.31. The molecule has 1 aromatic heterocycles. The molecule has 0 bridgehead atoms. The molecular formula is C14H10ClNO2S. The molecule has 0 N–H and O–H groups in total. The molecule has 0 fully saturated rings. The molecule has 0 amide bonds. The van der Waals surface area contributed by atoms with E-state index in [2.05, 4.69) is 0 Å². The first-order chi connectivity index (χ1) is 9.10. The predicted molar refractivity (Wildman–Crippen MR) is 76.0 cm³/mol. The first kappa shape index (κ1) is 12.3. The lowest BCUT2D eigenvalue weighted by Crippen LogP contribution is -2.11. The number of fused-ring (bicyclic) bond motifs is 1. The Morgan fingerprint density at radius 3 is 2.26 bits per heavy atom. The summed E-state index contributed by atoms with van der Waals surface area (Å²) in [5, 5.41) is 1.15. The molecule has 0 aliphatic rings. The average Bonchev–Trinajstić information content (AvgIpc) is 2.79. The Kier molecular flexibility index (Phi) is 2.84. The van der Waals surface area contributed by atoms with Gasteiger partial charge in [0.15, 0.2) is 0 Å². The van der Waals surface area contributed by atoms with Crippen molar-refractivity contribution in [1.29, 1.82) is 0 Å². The summed E-state index contributed by atoms with van der Waals surface area (Å²) in [4.78, 5) is 0.243. The van der Waals surface area contributed by atoms with Crippen LogP contribution in [0.2, 0.25) is 5.02 Å². The van der Waals surface area contributed by atoms with E-state index in [-0.39, 0.29) is 4.90 Å². The standard InChI is InChI=1S/C14H10ClNO2S/c15-13-10-16(14-9-5-4-8-12(13)14)19(17,18)11-6-2-1-3-7-11/h1-10H. The van der Waals surface area contributed by atoms with Crippen molar-refractivity contribution in [1.82, 2.24) is 3.97 Å². The number of hydrogen-bond acceptors (Lipinski definition) is 2. The van der Waals surface area contributed by atoms with Crippen LogP contribution < -0.4 is 0 Å². The van der Waals surface area contributed by atoms with Crippen molar-refractivity contribution in [2.75, 3.05) is 0 Å². The summed E-state index contributed by atoms with van der Waals surface area (Å²) in [6.45, 7) is 0. The maximum absolute atomic E-state index is 12.6. The van der Waals surface area contributed by atoms with Gasteiger partial charge in [-0.1, -0.05) is 48.0 Å². The summed E-state index contributed by atoms with van der Waals surface area (Å²) in [5.41, 5.74) is 0.580. The number of para-hydroxylation sites is 1. The van der Waals surface area contributed by atoms with Crippen LogP contribution in [0.1, 0.15) is 0 Å². The van der Waals surface area contributed by atoms with Crippen LogP contribution in [-0.2, 0) is 10.0 Å². The Morgan fingerprint density at radius 2 is 1.53 bits per heavy atom. The number of aromatic nitrogens is 1.